The second-order valence-corrected chi connectivity index (χ2v) is 4.87. The third-order valence-corrected chi connectivity index (χ3v) is 3.88. The Morgan fingerprint density at radius 3 is 2.75 bits per heavy atom. The van der Waals surface area contributed by atoms with Crippen molar-refractivity contribution in [3.8, 4) is 0 Å². The summed E-state index contributed by atoms with van der Waals surface area (Å²) in [6.07, 6.45) is 4.25. The Morgan fingerprint density at radius 1 is 1.00 bits per heavy atom. The summed E-state index contributed by atoms with van der Waals surface area (Å²) in [6, 6.07) is 12.8. The molecule has 0 saturated heterocycles. The van der Waals surface area contributed by atoms with Gasteiger partial charge in [0.1, 0.15) is 0 Å². The van der Waals surface area contributed by atoms with Crippen LogP contribution in [0.1, 0.15) is 11.1 Å². The molecular formula is C14H13NS. The zero-order valence-corrected chi connectivity index (χ0v) is 9.76. The van der Waals surface area contributed by atoms with Crippen LogP contribution in [0.5, 0.6) is 0 Å². The average molecular weight is 227 g/mol. The highest BCUT2D eigenvalue weighted by atomic mass is 32.1. The number of aryl methyl sites for hydroxylation is 2. The molecule has 0 aliphatic carbocycles. The maximum Gasteiger partial charge on any atom is 0.0596 e. The molecule has 0 amide bonds. The van der Waals surface area contributed by atoms with E-state index in [0.29, 0.717) is 0 Å². The molecule has 0 saturated carbocycles. The van der Waals surface area contributed by atoms with Crippen molar-refractivity contribution in [3.63, 3.8) is 0 Å². The summed E-state index contributed by atoms with van der Waals surface area (Å²) in [5.74, 6) is 0. The number of hydrogen-bond acceptors (Lipinski definition) is 1. The summed E-state index contributed by atoms with van der Waals surface area (Å²) in [5.41, 5.74) is 4.17. The maximum absolute atomic E-state index is 3.31. The normalized spacial score (nSPS) is 11.0. The summed E-state index contributed by atoms with van der Waals surface area (Å²) in [5, 5.41) is 2.27. The van der Waals surface area contributed by atoms with Gasteiger partial charge in [-0.3, -0.25) is 0 Å². The lowest BCUT2D eigenvalue weighted by atomic mass is 10.1. The minimum Gasteiger partial charge on any atom is -0.360 e. The first-order valence-corrected chi connectivity index (χ1v) is 6.39. The van der Waals surface area contributed by atoms with Gasteiger partial charge in [-0.05, 0) is 35.4 Å². The van der Waals surface area contributed by atoms with Crippen LogP contribution in [0, 0.1) is 0 Å². The van der Waals surface area contributed by atoms with E-state index in [4.69, 9.17) is 0 Å². The Labute approximate surface area is 98.7 Å². The summed E-state index contributed by atoms with van der Waals surface area (Å²) in [7, 11) is 0. The molecule has 3 aromatic rings. The average Bonchev–Trinajstić information content (AvgIpc) is 2.90. The Bertz CT molecular complexity index is 577. The highest BCUT2D eigenvalue weighted by Crippen LogP contribution is 2.25. The van der Waals surface area contributed by atoms with E-state index >= 15 is 0 Å². The van der Waals surface area contributed by atoms with Gasteiger partial charge in [-0.15, -0.1) is 11.3 Å². The second-order valence-electron chi connectivity index (χ2n) is 3.96. The number of rotatable bonds is 3. The number of hydrogen-bond donors (Lipinski definition) is 1. The lowest BCUT2D eigenvalue weighted by Crippen LogP contribution is -1.89. The van der Waals surface area contributed by atoms with Gasteiger partial charge < -0.3 is 4.98 Å². The van der Waals surface area contributed by atoms with Crippen LogP contribution >= 0.6 is 11.3 Å². The molecule has 0 atom stereocenters. The largest absolute Gasteiger partial charge is 0.360 e. The summed E-state index contributed by atoms with van der Waals surface area (Å²) < 4.78 is 1.36. The van der Waals surface area contributed by atoms with E-state index in [1.54, 1.807) is 0 Å². The van der Waals surface area contributed by atoms with Crippen LogP contribution < -0.4 is 0 Å². The number of benzene rings is 1. The van der Waals surface area contributed by atoms with Crippen molar-refractivity contribution in [1.29, 1.82) is 0 Å². The van der Waals surface area contributed by atoms with Gasteiger partial charge in [0, 0.05) is 6.20 Å². The SMILES string of the molecule is c1ccc(CCc2csc3cc[nH]c23)cc1. The topological polar surface area (TPSA) is 15.8 Å². The molecule has 3 rings (SSSR count). The fraction of sp³-hybridized carbons (Fsp3) is 0.143. The van der Waals surface area contributed by atoms with Crippen LogP contribution in [0.25, 0.3) is 10.2 Å². The van der Waals surface area contributed by atoms with Crippen molar-refractivity contribution < 1.29 is 0 Å². The van der Waals surface area contributed by atoms with Gasteiger partial charge in [0.2, 0.25) is 0 Å². The molecule has 1 aromatic carbocycles. The predicted octanol–water partition coefficient (Wildman–Crippen LogP) is 4.01. The van der Waals surface area contributed by atoms with Crippen molar-refractivity contribution >= 4 is 21.6 Å². The summed E-state index contributed by atoms with van der Waals surface area (Å²) >= 11 is 1.82. The van der Waals surface area contributed by atoms with Crippen molar-refractivity contribution in [2.24, 2.45) is 0 Å². The van der Waals surface area contributed by atoms with Gasteiger partial charge in [0.05, 0.1) is 10.2 Å². The van der Waals surface area contributed by atoms with Crippen LogP contribution in [0.3, 0.4) is 0 Å². The highest BCUT2D eigenvalue weighted by Gasteiger charge is 2.04. The number of H-pyrrole nitrogens is 1. The third kappa shape index (κ3) is 1.76. The Kier molecular flexibility index (Phi) is 2.50. The van der Waals surface area contributed by atoms with E-state index < -0.39 is 0 Å². The first-order valence-electron chi connectivity index (χ1n) is 5.51. The van der Waals surface area contributed by atoms with Gasteiger partial charge >= 0.3 is 0 Å². The Balaban J connectivity index is 1.79. The number of nitrogens with one attached hydrogen (secondary N) is 1. The molecule has 0 radical (unpaired) electrons. The molecule has 2 heteroatoms. The minimum absolute atomic E-state index is 1.12. The lowest BCUT2D eigenvalue weighted by molar-refractivity contribution is 0.970. The molecule has 2 aromatic heterocycles. The molecule has 0 bridgehead atoms. The molecule has 0 unspecified atom stereocenters. The number of thiophene rings is 1. The minimum atomic E-state index is 1.12. The summed E-state index contributed by atoms with van der Waals surface area (Å²) in [6.45, 7) is 0. The molecule has 2 heterocycles. The first-order chi connectivity index (χ1) is 7.93. The molecule has 0 aliphatic rings. The summed E-state index contributed by atoms with van der Waals surface area (Å²) in [4.78, 5) is 3.31. The second kappa shape index (κ2) is 4.14. The molecule has 1 nitrogen and oxygen atoms in total. The van der Waals surface area contributed by atoms with E-state index in [1.165, 1.54) is 21.3 Å². The van der Waals surface area contributed by atoms with Crippen molar-refractivity contribution in [1.82, 2.24) is 4.98 Å². The van der Waals surface area contributed by atoms with Crippen molar-refractivity contribution in [2.45, 2.75) is 12.8 Å². The number of fused-ring (bicyclic) bond motifs is 1. The van der Waals surface area contributed by atoms with Crippen LogP contribution in [0.2, 0.25) is 0 Å². The van der Waals surface area contributed by atoms with E-state index in [-0.39, 0.29) is 0 Å². The maximum atomic E-state index is 3.31. The zero-order valence-electron chi connectivity index (χ0n) is 8.94. The van der Waals surface area contributed by atoms with E-state index in [9.17, 15) is 0 Å². The van der Waals surface area contributed by atoms with Crippen molar-refractivity contribution in [3.05, 3.63) is 59.1 Å². The monoisotopic (exact) mass is 227 g/mol. The number of aromatic nitrogens is 1. The fourth-order valence-corrected chi connectivity index (χ4v) is 2.96. The van der Waals surface area contributed by atoms with E-state index in [1.807, 2.05) is 17.5 Å². The number of aromatic amines is 1. The molecule has 0 spiro atoms. The van der Waals surface area contributed by atoms with Gasteiger partial charge in [0.25, 0.3) is 0 Å². The Hall–Kier alpha value is -1.54. The molecule has 0 aliphatic heterocycles. The lowest BCUT2D eigenvalue weighted by Gasteiger charge is -1.99. The van der Waals surface area contributed by atoms with E-state index in [0.717, 1.165) is 12.8 Å². The molecule has 16 heavy (non-hydrogen) atoms. The standard InChI is InChI=1S/C14H13NS/c1-2-4-11(5-3-1)6-7-12-10-16-13-8-9-15-14(12)13/h1-5,8-10,15H,6-7H2. The zero-order chi connectivity index (χ0) is 10.8. The highest BCUT2D eigenvalue weighted by molar-refractivity contribution is 7.17. The molecular weight excluding hydrogens is 214 g/mol. The molecule has 0 fully saturated rings. The van der Waals surface area contributed by atoms with Gasteiger partial charge in [-0.1, -0.05) is 30.3 Å². The van der Waals surface area contributed by atoms with Gasteiger partial charge in [-0.2, -0.15) is 0 Å². The molecule has 80 valence electrons. The van der Waals surface area contributed by atoms with Crippen LogP contribution in [0.15, 0.2) is 48.0 Å². The molecule has 1 N–H and O–H groups in total. The first kappa shape index (κ1) is 9.67. The fourth-order valence-electron chi connectivity index (χ4n) is 2.01. The van der Waals surface area contributed by atoms with Crippen LogP contribution in [-0.4, -0.2) is 4.98 Å². The predicted molar refractivity (Wildman–Crippen MR) is 70.0 cm³/mol. The van der Waals surface area contributed by atoms with Crippen LogP contribution in [0.4, 0.5) is 0 Å². The van der Waals surface area contributed by atoms with Crippen molar-refractivity contribution in [2.75, 3.05) is 0 Å². The van der Waals surface area contributed by atoms with Crippen LogP contribution in [-0.2, 0) is 12.8 Å². The quantitative estimate of drug-likeness (QED) is 0.695. The Morgan fingerprint density at radius 2 is 1.88 bits per heavy atom. The third-order valence-electron chi connectivity index (χ3n) is 2.88. The smallest absolute Gasteiger partial charge is 0.0596 e. The van der Waals surface area contributed by atoms with Gasteiger partial charge in [0.15, 0.2) is 0 Å². The van der Waals surface area contributed by atoms with E-state index in [2.05, 4.69) is 46.8 Å². The van der Waals surface area contributed by atoms with Gasteiger partial charge in [-0.25, -0.2) is 0 Å².